The summed E-state index contributed by atoms with van der Waals surface area (Å²) in [5.74, 6) is -10.9. The molecule has 0 saturated carbocycles. The van der Waals surface area contributed by atoms with Crippen LogP contribution in [0.3, 0.4) is 0 Å². The monoisotopic (exact) mass is 1180 g/mol. The summed E-state index contributed by atoms with van der Waals surface area (Å²) in [6, 6.07) is 1.52. The lowest BCUT2D eigenvalue weighted by Crippen LogP contribution is -2.49. The van der Waals surface area contributed by atoms with Crippen molar-refractivity contribution < 1.29 is 53.4 Å². The van der Waals surface area contributed by atoms with E-state index in [1.807, 2.05) is 27.7 Å². The number of guanidine groups is 3. The van der Waals surface area contributed by atoms with Crippen molar-refractivity contribution in [3.8, 4) is 5.75 Å². The quantitative estimate of drug-likeness (QED) is 0.0235. The van der Waals surface area contributed by atoms with Crippen molar-refractivity contribution in [1.82, 2.24) is 31.2 Å². The Bertz CT molecular complexity index is 2530. The van der Waals surface area contributed by atoms with Gasteiger partial charge in [0.15, 0.2) is 41.0 Å². The van der Waals surface area contributed by atoms with Gasteiger partial charge in [0.05, 0.1) is 37.0 Å². The molecule has 0 aliphatic rings. The van der Waals surface area contributed by atoms with Crippen LogP contribution in [-0.2, 0) is 56.0 Å². The molecule has 0 bridgehead atoms. The Morgan fingerprint density at radius 2 is 1.02 bits per heavy atom. The van der Waals surface area contributed by atoms with Crippen molar-refractivity contribution in [1.29, 1.82) is 0 Å². The number of phenolic OH excluding ortho intramolecular Hbond substituents is 1. The third-order valence-electron chi connectivity index (χ3n) is 14.7. The van der Waals surface area contributed by atoms with Gasteiger partial charge in [-0.3, -0.25) is 58.1 Å². The SMILES string of the molecule is CC[C@@H](Cc1ccc(O)cc1)C(=O)N[C@@H](CCCN=C(N)N)C(=O)C[C@@H](Cc1cnc[nH]1)C(=O)N[C@@H](CCCN=C(N)N)C(=O)C[C@@H](CCCN=C(N)N)C(=O)N[C@@H](C)C(=O)C[C@@H](CC(C)C)C(=O)N[C@@H](CO)C(=O)C[C@H](C(N)=O)[C@@H](C)CC. The van der Waals surface area contributed by atoms with Crippen LogP contribution in [0, 0.1) is 41.4 Å². The second kappa shape index (κ2) is 38.0. The van der Waals surface area contributed by atoms with Gasteiger partial charge in [0.1, 0.15) is 11.8 Å². The number of amides is 5. The van der Waals surface area contributed by atoms with E-state index in [0.29, 0.717) is 25.0 Å². The minimum absolute atomic E-state index is 0.0160. The molecule has 1 aromatic heterocycles. The maximum atomic E-state index is 14.7. The van der Waals surface area contributed by atoms with Gasteiger partial charge in [-0.2, -0.15) is 0 Å². The van der Waals surface area contributed by atoms with Crippen LogP contribution in [0.4, 0.5) is 0 Å². The van der Waals surface area contributed by atoms with Crippen molar-refractivity contribution in [2.24, 2.45) is 96.5 Å². The Kier molecular flexibility index (Phi) is 32.6. The topological polar surface area (TPSA) is 490 Å². The van der Waals surface area contributed by atoms with Crippen molar-refractivity contribution in [2.45, 2.75) is 162 Å². The molecule has 0 aliphatic heterocycles. The third-order valence-corrected chi connectivity index (χ3v) is 14.7. The minimum atomic E-state index is -1.37. The lowest BCUT2D eigenvalue weighted by atomic mass is 9.85. The van der Waals surface area contributed by atoms with Gasteiger partial charge in [0.25, 0.3) is 0 Å². The number of aromatic nitrogens is 2. The number of nitrogens with one attached hydrogen (secondary N) is 5. The smallest absolute Gasteiger partial charge is 0.224 e. The number of aliphatic hydroxyl groups is 1. The van der Waals surface area contributed by atoms with E-state index in [1.165, 1.54) is 31.6 Å². The number of nitrogens with zero attached hydrogens (tertiary/aromatic N) is 4. The van der Waals surface area contributed by atoms with Crippen molar-refractivity contribution >= 4 is 70.5 Å². The third kappa shape index (κ3) is 27.4. The van der Waals surface area contributed by atoms with Gasteiger partial charge in [0, 0.05) is 87.3 Å². The van der Waals surface area contributed by atoms with Crippen molar-refractivity contribution in [3.63, 3.8) is 0 Å². The summed E-state index contributed by atoms with van der Waals surface area (Å²) in [4.78, 5) is 144. The van der Waals surface area contributed by atoms with E-state index in [1.54, 1.807) is 19.1 Å². The molecule has 10 atom stereocenters. The molecule has 468 valence electrons. The molecule has 0 unspecified atom stereocenters. The number of carbonyl (C=O) groups excluding carboxylic acids is 9. The summed E-state index contributed by atoms with van der Waals surface area (Å²) in [7, 11) is 0. The molecule has 84 heavy (non-hydrogen) atoms. The first-order valence-electron chi connectivity index (χ1n) is 28.8. The number of H-pyrrole nitrogens is 1. The lowest BCUT2D eigenvalue weighted by Gasteiger charge is -2.26. The summed E-state index contributed by atoms with van der Waals surface area (Å²) in [5, 5.41) is 30.9. The van der Waals surface area contributed by atoms with E-state index in [-0.39, 0.29) is 119 Å². The number of aliphatic imine (C=N–C) groups is 3. The predicted octanol–water partition coefficient (Wildman–Crippen LogP) is -0.0820. The highest BCUT2D eigenvalue weighted by molar-refractivity contribution is 5.98. The first kappa shape index (κ1) is 72.1. The van der Waals surface area contributed by atoms with Gasteiger partial charge in [-0.25, -0.2) is 4.98 Å². The minimum Gasteiger partial charge on any atom is -0.508 e. The molecule has 0 saturated heterocycles. The molecule has 0 fully saturated rings. The summed E-state index contributed by atoms with van der Waals surface area (Å²) in [5.41, 5.74) is 40.3. The molecule has 0 spiro atoms. The van der Waals surface area contributed by atoms with Gasteiger partial charge in [-0.1, -0.05) is 53.2 Å². The number of hydrogen-bond donors (Lipinski definition) is 14. The second-order valence-corrected chi connectivity index (χ2v) is 22.0. The Hall–Kier alpha value is -7.97. The molecule has 0 radical (unpaired) electrons. The largest absolute Gasteiger partial charge is 0.508 e. The lowest BCUT2D eigenvalue weighted by molar-refractivity contribution is -0.136. The molecule has 21 N–H and O–H groups in total. The van der Waals surface area contributed by atoms with Crippen LogP contribution < -0.4 is 61.4 Å². The van der Waals surface area contributed by atoms with Crippen LogP contribution in [-0.4, -0.2) is 141 Å². The van der Waals surface area contributed by atoms with Gasteiger partial charge >= 0.3 is 0 Å². The average Bonchev–Trinajstić information content (AvgIpc) is 4.11. The number of aliphatic hydroxyl groups excluding tert-OH is 1. The van der Waals surface area contributed by atoms with Crippen LogP contribution in [0.1, 0.15) is 136 Å². The Labute approximate surface area is 492 Å². The molecule has 2 aromatic rings. The number of primary amides is 1. The standard InChI is InChI=1S/C57H94N16O11/c1-7-33(5)42(50(58)80)28-49(79)45(30-74)73-53(83)38(22-32(3)4)26-46(76)34(6)70-52(82)37(12-9-19-66-55(59)60)25-47(77)43(13-10-20-67-56(61)62)72-54(84)39(24-40-29-65-31-69-40)27-48(78)44(14-11-21-68-57(63)64)71-51(81)36(8-2)23-35-15-17-41(75)18-16-35/h15-18,29,31-34,36-39,42-45,74-75H,7-14,19-28,30H2,1-6H3,(H2,58,80)(H,65,69)(H,70,82)(H,71,81)(H,72,84)(H,73,83)(H4,59,60,66)(H4,61,62,67)(H4,63,64,68)/t33-,34-,36-,37+,38+,39+,42-,43-,44-,45-/m0/s1. The van der Waals surface area contributed by atoms with Gasteiger partial charge < -0.3 is 76.6 Å². The zero-order chi connectivity index (χ0) is 63.1. The van der Waals surface area contributed by atoms with Gasteiger partial charge in [-0.15, -0.1) is 0 Å². The summed E-state index contributed by atoms with van der Waals surface area (Å²) >= 11 is 0. The molecule has 27 nitrogen and oxygen atoms in total. The molecule has 27 heteroatoms. The molecular weight excluding hydrogens is 1080 g/mol. The van der Waals surface area contributed by atoms with E-state index in [9.17, 15) is 53.4 Å². The van der Waals surface area contributed by atoms with Crippen LogP contribution in [0.25, 0.3) is 0 Å². The molecule has 5 amide bonds. The molecule has 1 heterocycles. The first-order valence-corrected chi connectivity index (χ1v) is 28.8. The van der Waals surface area contributed by atoms with E-state index >= 15 is 0 Å². The number of imidazole rings is 1. The van der Waals surface area contributed by atoms with Crippen molar-refractivity contribution in [2.75, 3.05) is 26.2 Å². The predicted molar refractivity (Wildman–Crippen MR) is 319 cm³/mol. The Morgan fingerprint density at radius 3 is 1.49 bits per heavy atom. The van der Waals surface area contributed by atoms with E-state index in [2.05, 4.69) is 46.2 Å². The molecule has 0 aliphatic carbocycles. The number of benzene rings is 1. The normalized spacial score (nSPS) is 14.8. The zero-order valence-electron chi connectivity index (χ0n) is 49.6. The fourth-order valence-electron chi connectivity index (χ4n) is 9.54. The van der Waals surface area contributed by atoms with Crippen LogP contribution in [0.15, 0.2) is 51.8 Å². The van der Waals surface area contributed by atoms with Crippen molar-refractivity contribution in [3.05, 3.63) is 48.0 Å². The fourth-order valence-corrected chi connectivity index (χ4v) is 9.54. The number of rotatable bonds is 43. The fraction of sp³-hybridized carbons (Fsp3) is 0.632. The molecule has 1 aromatic carbocycles. The van der Waals surface area contributed by atoms with Gasteiger partial charge in [0.2, 0.25) is 29.5 Å². The van der Waals surface area contributed by atoms with Crippen LogP contribution >= 0.6 is 0 Å². The van der Waals surface area contributed by atoms with E-state index in [0.717, 1.165) is 5.56 Å². The van der Waals surface area contributed by atoms with Gasteiger partial charge in [-0.05, 0) is 94.2 Å². The summed E-state index contributed by atoms with van der Waals surface area (Å²) in [6.07, 6.45) is 3.59. The highest BCUT2D eigenvalue weighted by Gasteiger charge is 2.36. The number of carbonyl (C=O) groups is 9. The highest BCUT2D eigenvalue weighted by atomic mass is 16.3. The average molecular weight is 1180 g/mol. The number of aromatic amines is 1. The first-order chi connectivity index (χ1) is 39.7. The molecular formula is C57H94N16O11. The summed E-state index contributed by atoms with van der Waals surface area (Å²) < 4.78 is 0. The second-order valence-electron chi connectivity index (χ2n) is 22.0. The zero-order valence-corrected chi connectivity index (χ0v) is 49.6. The number of hydrogen-bond acceptors (Lipinski definition) is 15. The Balaban J connectivity index is 2.48. The van der Waals surface area contributed by atoms with Crippen LogP contribution in [0.2, 0.25) is 0 Å². The summed E-state index contributed by atoms with van der Waals surface area (Å²) in [6.45, 7) is 10.0. The van der Waals surface area contributed by atoms with E-state index in [4.69, 9.17) is 40.1 Å². The van der Waals surface area contributed by atoms with Crippen LogP contribution in [0.5, 0.6) is 5.75 Å². The number of Topliss-reactive ketones (excluding diaryl/α,β-unsaturated/α-hetero) is 4. The highest BCUT2D eigenvalue weighted by Crippen LogP contribution is 2.24. The number of aromatic hydroxyl groups is 1. The number of nitrogens with two attached hydrogens (primary N) is 7. The Morgan fingerprint density at radius 1 is 0.560 bits per heavy atom. The number of ketones is 4. The maximum Gasteiger partial charge on any atom is 0.224 e. The number of phenols is 1. The maximum absolute atomic E-state index is 14.7. The van der Waals surface area contributed by atoms with E-state index < -0.39 is 126 Å². The molecule has 2 rings (SSSR count).